The number of carbonyl (C=O) groups is 1. The van der Waals surface area contributed by atoms with E-state index in [9.17, 15) is 9.90 Å². The van der Waals surface area contributed by atoms with Crippen molar-refractivity contribution in [3.8, 4) is 0 Å². The molecule has 1 saturated heterocycles. The minimum atomic E-state index is -0.466. The summed E-state index contributed by atoms with van der Waals surface area (Å²) in [6.45, 7) is 1.30. The summed E-state index contributed by atoms with van der Waals surface area (Å²) in [6.07, 6.45) is -0.466. The molecule has 0 bridgehead atoms. The van der Waals surface area contributed by atoms with Gasteiger partial charge in [-0.2, -0.15) is 0 Å². The lowest BCUT2D eigenvalue weighted by Crippen LogP contribution is -2.52. The largest absolute Gasteiger partial charge is 0.389 e. The number of rotatable bonds is 2. The van der Waals surface area contributed by atoms with Crippen LogP contribution in [0.2, 0.25) is 0 Å². The van der Waals surface area contributed by atoms with Crippen LogP contribution in [0.15, 0.2) is 30.3 Å². The smallest absolute Gasteiger partial charge is 0.317 e. The van der Waals surface area contributed by atoms with E-state index in [0.29, 0.717) is 19.6 Å². The van der Waals surface area contributed by atoms with E-state index in [0.717, 1.165) is 5.56 Å². The molecule has 0 aromatic heterocycles. The number of carbonyl (C=O) groups excluding carboxylic acids is 1. The minimum Gasteiger partial charge on any atom is -0.389 e. The van der Waals surface area contributed by atoms with Gasteiger partial charge < -0.3 is 15.3 Å². The fourth-order valence-corrected chi connectivity index (χ4v) is 1.66. The average molecular weight is 206 g/mol. The maximum atomic E-state index is 11.4. The van der Waals surface area contributed by atoms with Gasteiger partial charge in [0.05, 0.1) is 12.6 Å². The maximum Gasteiger partial charge on any atom is 0.317 e. The third-order valence-corrected chi connectivity index (χ3v) is 2.42. The van der Waals surface area contributed by atoms with Crippen LogP contribution in [0.25, 0.3) is 0 Å². The van der Waals surface area contributed by atoms with Gasteiger partial charge in [0.25, 0.3) is 0 Å². The summed E-state index contributed by atoms with van der Waals surface area (Å²) < 4.78 is 0. The van der Waals surface area contributed by atoms with Gasteiger partial charge >= 0.3 is 6.03 Å². The fourth-order valence-electron chi connectivity index (χ4n) is 1.66. The van der Waals surface area contributed by atoms with Crippen molar-refractivity contribution in [1.82, 2.24) is 10.2 Å². The fraction of sp³-hybridized carbons (Fsp3) is 0.364. The molecule has 2 rings (SSSR count). The summed E-state index contributed by atoms with van der Waals surface area (Å²) >= 11 is 0. The molecule has 1 fully saturated rings. The molecule has 80 valence electrons. The zero-order valence-electron chi connectivity index (χ0n) is 8.39. The Morgan fingerprint density at radius 1 is 1.40 bits per heavy atom. The molecule has 15 heavy (non-hydrogen) atoms. The predicted octanol–water partition coefficient (Wildman–Crippen LogP) is 0.573. The summed E-state index contributed by atoms with van der Waals surface area (Å²) in [6, 6.07) is 9.64. The van der Waals surface area contributed by atoms with Gasteiger partial charge in [0.2, 0.25) is 0 Å². The van der Waals surface area contributed by atoms with Crippen molar-refractivity contribution in [1.29, 1.82) is 0 Å². The van der Waals surface area contributed by atoms with Crippen LogP contribution >= 0.6 is 0 Å². The van der Waals surface area contributed by atoms with E-state index in [-0.39, 0.29) is 6.03 Å². The Bertz CT molecular complexity index is 340. The maximum absolute atomic E-state index is 11.4. The van der Waals surface area contributed by atoms with Gasteiger partial charge in [0.1, 0.15) is 0 Å². The van der Waals surface area contributed by atoms with Crippen LogP contribution in [-0.4, -0.2) is 35.2 Å². The first kappa shape index (κ1) is 9.98. The summed E-state index contributed by atoms with van der Waals surface area (Å²) in [5, 5.41) is 12.1. The third-order valence-electron chi connectivity index (χ3n) is 2.42. The molecule has 1 atom stereocenters. The SMILES string of the molecule is O=C1NCC(O)CN1Cc1ccccc1. The molecule has 0 aliphatic carbocycles. The van der Waals surface area contributed by atoms with Gasteiger partial charge in [-0.3, -0.25) is 0 Å². The summed E-state index contributed by atoms with van der Waals surface area (Å²) in [5.74, 6) is 0. The molecule has 1 aromatic rings. The zero-order valence-corrected chi connectivity index (χ0v) is 8.39. The van der Waals surface area contributed by atoms with E-state index < -0.39 is 6.10 Å². The summed E-state index contributed by atoms with van der Waals surface area (Å²) in [7, 11) is 0. The first-order valence-electron chi connectivity index (χ1n) is 5.00. The van der Waals surface area contributed by atoms with Crippen molar-refractivity contribution in [2.45, 2.75) is 12.6 Å². The lowest BCUT2D eigenvalue weighted by atomic mass is 10.2. The molecule has 0 spiro atoms. The van der Waals surface area contributed by atoms with E-state index in [2.05, 4.69) is 5.32 Å². The molecular weight excluding hydrogens is 192 g/mol. The predicted molar refractivity (Wildman–Crippen MR) is 56.3 cm³/mol. The molecule has 0 radical (unpaired) electrons. The number of benzene rings is 1. The topological polar surface area (TPSA) is 52.6 Å². The number of aliphatic hydroxyl groups excluding tert-OH is 1. The van der Waals surface area contributed by atoms with Crippen molar-refractivity contribution in [2.75, 3.05) is 13.1 Å². The van der Waals surface area contributed by atoms with Gasteiger partial charge in [-0.25, -0.2) is 4.79 Å². The van der Waals surface area contributed by atoms with Crippen molar-refractivity contribution < 1.29 is 9.90 Å². The molecule has 2 amide bonds. The molecule has 1 aliphatic heterocycles. The van der Waals surface area contributed by atoms with Crippen LogP contribution in [0.5, 0.6) is 0 Å². The first-order chi connectivity index (χ1) is 7.25. The van der Waals surface area contributed by atoms with Crippen molar-refractivity contribution >= 4 is 6.03 Å². The Morgan fingerprint density at radius 2 is 2.13 bits per heavy atom. The number of hydrogen-bond acceptors (Lipinski definition) is 2. The molecule has 4 nitrogen and oxygen atoms in total. The first-order valence-corrected chi connectivity index (χ1v) is 5.00. The molecule has 0 saturated carbocycles. The third kappa shape index (κ3) is 2.47. The molecule has 2 N–H and O–H groups in total. The Hall–Kier alpha value is -1.55. The van der Waals surface area contributed by atoms with Gasteiger partial charge in [0.15, 0.2) is 0 Å². The lowest BCUT2D eigenvalue weighted by Gasteiger charge is -2.30. The van der Waals surface area contributed by atoms with Crippen LogP contribution < -0.4 is 5.32 Å². The van der Waals surface area contributed by atoms with Crippen LogP contribution in [0, 0.1) is 0 Å². The quantitative estimate of drug-likeness (QED) is 0.743. The lowest BCUT2D eigenvalue weighted by molar-refractivity contribution is 0.0934. The number of nitrogens with zero attached hydrogens (tertiary/aromatic N) is 1. The van der Waals surface area contributed by atoms with Crippen molar-refractivity contribution in [2.24, 2.45) is 0 Å². The highest BCUT2D eigenvalue weighted by Crippen LogP contribution is 2.07. The van der Waals surface area contributed by atoms with E-state index in [4.69, 9.17) is 0 Å². The summed E-state index contributed by atoms with van der Waals surface area (Å²) in [5.41, 5.74) is 1.07. The average Bonchev–Trinajstić information content (AvgIpc) is 2.25. The monoisotopic (exact) mass is 206 g/mol. The molecule has 1 unspecified atom stereocenters. The molecule has 4 heteroatoms. The number of urea groups is 1. The normalized spacial score (nSPS) is 21.3. The highest BCUT2D eigenvalue weighted by Gasteiger charge is 2.23. The van der Waals surface area contributed by atoms with Crippen LogP contribution in [0.3, 0.4) is 0 Å². The second-order valence-electron chi connectivity index (χ2n) is 3.71. The van der Waals surface area contributed by atoms with Crippen molar-refractivity contribution in [3.05, 3.63) is 35.9 Å². The van der Waals surface area contributed by atoms with E-state index in [1.165, 1.54) is 0 Å². The number of amides is 2. The van der Waals surface area contributed by atoms with Crippen LogP contribution in [0.1, 0.15) is 5.56 Å². The standard InChI is InChI=1S/C11H14N2O2/c14-10-6-12-11(15)13(8-10)7-9-4-2-1-3-5-9/h1-5,10,14H,6-8H2,(H,12,15). The number of hydrogen-bond donors (Lipinski definition) is 2. The number of nitrogens with one attached hydrogen (secondary N) is 1. The molecule has 1 heterocycles. The molecule has 1 aliphatic rings. The zero-order chi connectivity index (χ0) is 10.7. The highest BCUT2D eigenvalue weighted by molar-refractivity contribution is 5.75. The van der Waals surface area contributed by atoms with Gasteiger partial charge in [-0.1, -0.05) is 30.3 Å². The number of aliphatic hydroxyl groups is 1. The Kier molecular flexibility index (Phi) is 2.87. The van der Waals surface area contributed by atoms with Crippen molar-refractivity contribution in [3.63, 3.8) is 0 Å². The highest BCUT2D eigenvalue weighted by atomic mass is 16.3. The van der Waals surface area contributed by atoms with Gasteiger partial charge in [-0.05, 0) is 5.56 Å². The van der Waals surface area contributed by atoms with Crippen LogP contribution in [0.4, 0.5) is 4.79 Å². The Morgan fingerprint density at radius 3 is 2.87 bits per heavy atom. The van der Waals surface area contributed by atoms with E-state index in [1.54, 1.807) is 4.90 Å². The van der Waals surface area contributed by atoms with E-state index in [1.807, 2.05) is 30.3 Å². The Labute approximate surface area is 88.5 Å². The molecule has 1 aromatic carbocycles. The van der Waals surface area contributed by atoms with Crippen LogP contribution in [-0.2, 0) is 6.54 Å². The van der Waals surface area contributed by atoms with Gasteiger partial charge in [-0.15, -0.1) is 0 Å². The molecular formula is C11H14N2O2. The van der Waals surface area contributed by atoms with E-state index >= 15 is 0 Å². The Balaban J connectivity index is 2.01. The van der Waals surface area contributed by atoms with Gasteiger partial charge in [0, 0.05) is 13.1 Å². The summed E-state index contributed by atoms with van der Waals surface area (Å²) in [4.78, 5) is 13.1. The second kappa shape index (κ2) is 4.31. The minimum absolute atomic E-state index is 0.107. The number of β-amino-alcohol motifs (C(OH)–C–C–N with tert-alkyl or cyclic N) is 1. The second-order valence-corrected chi connectivity index (χ2v) is 3.71.